The fourth-order valence-corrected chi connectivity index (χ4v) is 5.14. The first-order chi connectivity index (χ1) is 13.4. The normalized spacial score (nSPS) is 16.8. The van der Waals surface area contributed by atoms with Gasteiger partial charge in [0.05, 0.1) is 10.4 Å². The third-order valence-electron chi connectivity index (χ3n) is 4.92. The number of rotatable bonds is 3. The molecule has 28 heavy (non-hydrogen) atoms. The van der Waals surface area contributed by atoms with Gasteiger partial charge in [-0.2, -0.15) is 0 Å². The van der Waals surface area contributed by atoms with E-state index in [-0.39, 0.29) is 11.5 Å². The minimum Gasteiger partial charge on any atom is -0.326 e. The number of aryl methyl sites for hydroxylation is 1. The van der Waals surface area contributed by atoms with E-state index in [1.54, 1.807) is 29.5 Å². The molecule has 1 aliphatic rings. The second-order valence-corrected chi connectivity index (χ2v) is 8.73. The number of thiophene rings is 1. The van der Waals surface area contributed by atoms with Crippen molar-refractivity contribution in [1.29, 1.82) is 0 Å². The molecule has 1 aliphatic carbocycles. The third-order valence-corrected chi connectivity index (χ3v) is 6.35. The molecule has 2 aromatic heterocycles. The Morgan fingerprint density at radius 2 is 2.11 bits per heavy atom. The van der Waals surface area contributed by atoms with E-state index in [1.807, 2.05) is 12.1 Å². The molecule has 0 bridgehead atoms. The Morgan fingerprint density at radius 3 is 2.82 bits per heavy atom. The van der Waals surface area contributed by atoms with Gasteiger partial charge >= 0.3 is 0 Å². The van der Waals surface area contributed by atoms with Crippen molar-refractivity contribution >= 4 is 55.9 Å². The van der Waals surface area contributed by atoms with Gasteiger partial charge in [0.2, 0.25) is 5.91 Å². The molecule has 4 rings (SSSR count). The van der Waals surface area contributed by atoms with Crippen LogP contribution in [0.2, 0.25) is 0 Å². The first kappa shape index (κ1) is 18.9. The van der Waals surface area contributed by atoms with Gasteiger partial charge in [-0.05, 0) is 54.5 Å². The molecule has 1 aromatic carbocycles. The number of anilines is 1. The van der Waals surface area contributed by atoms with Crippen molar-refractivity contribution in [3.63, 3.8) is 0 Å². The molecule has 2 heterocycles. The highest BCUT2D eigenvalue weighted by molar-refractivity contribution is 7.18. The monoisotopic (exact) mass is 413 g/mol. The molecule has 1 atom stereocenters. The maximum atomic E-state index is 12.7. The van der Waals surface area contributed by atoms with Crippen LogP contribution < -0.4 is 10.9 Å². The maximum Gasteiger partial charge on any atom is 0.260 e. The Morgan fingerprint density at radius 1 is 1.36 bits per heavy atom. The van der Waals surface area contributed by atoms with Crippen LogP contribution in [0, 0.1) is 5.92 Å². The summed E-state index contributed by atoms with van der Waals surface area (Å²) in [5.41, 5.74) is 2.60. The van der Waals surface area contributed by atoms with Crippen LogP contribution >= 0.6 is 22.9 Å². The molecule has 0 unspecified atom stereocenters. The first-order valence-electron chi connectivity index (χ1n) is 9.20. The number of amides is 1. The summed E-state index contributed by atoms with van der Waals surface area (Å²) in [5.74, 6) is 0.893. The predicted molar refractivity (Wildman–Crippen MR) is 116 cm³/mol. The average Bonchev–Trinajstić information content (AvgIpc) is 3.00. The van der Waals surface area contributed by atoms with Crippen molar-refractivity contribution in [2.45, 2.75) is 33.1 Å². The Kier molecular flexibility index (Phi) is 5.08. The van der Waals surface area contributed by atoms with Crippen molar-refractivity contribution < 1.29 is 4.79 Å². The molecule has 1 amide bonds. The van der Waals surface area contributed by atoms with Crippen molar-refractivity contribution in [1.82, 2.24) is 9.97 Å². The molecular weight excluding hydrogens is 394 g/mol. The summed E-state index contributed by atoms with van der Waals surface area (Å²) in [5, 5.41) is 3.81. The lowest BCUT2D eigenvalue weighted by Crippen LogP contribution is -2.14. The molecule has 0 saturated heterocycles. The van der Waals surface area contributed by atoms with E-state index in [0.29, 0.717) is 22.5 Å². The Bertz CT molecular complexity index is 1140. The van der Waals surface area contributed by atoms with Gasteiger partial charge in [-0.1, -0.05) is 30.7 Å². The number of carbonyl (C=O) groups is 1. The standard InChI is InChI=1S/C21H20ClN3O2S/c1-11-3-8-15-17(9-11)28-21-18(15)20(27)24-19(25-21)16(22)10-13-4-6-14(7-5-13)23-12(2)26/h4-7,10-11H,3,8-9H2,1-2H3,(H,23,26)(H,24,25,27)/b16-10-/t11-/m0/s1. The number of nitrogens with zero attached hydrogens (tertiary/aromatic N) is 1. The summed E-state index contributed by atoms with van der Waals surface area (Å²) in [6.45, 7) is 3.71. The van der Waals surface area contributed by atoms with E-state index in [0.717, 1.165) is 40.6 Å². The summed E-state index contributed by atoms with van der Waals surface area (Å²) < 4.78 is 0. The van der Waals surface area contributed by atoms with Crippen LogP contribution in [-0.2, 0) is 17.6 Å². The lowest BCUT2D eigenvalue weighted by molar-refractivity contribution is -0.114. The van der Waals surface area contributed by atoms with Crippen LogP contribution in [0.1, 0.15) is 42.1 Å². The van der Waals surface area contributed by atoms with Crippen molar-refractivity contribution in [2.24, 2.45) is 5.92 Å². The Balaban J connectivity index is 1.67. The minimum atomic E-state index is -0.125. The van der Waals surface area contributed by atoms with Gasteiger partial charge in [0.1, 0.15) is 4.83 Å². The molecule has 0 spiro atoms. The summed E-state index contributed by atoms with van der Waals surface area (Å²) >= 11 is 8.06. The number of hydrogen-bond donors (Lipinski definition) is 2. The third kappa shape index (κ3) is 3.75. The molecule has 7 heteroatoms. The van der Waals surface area contributed by atoms with Crippen LogP contribution in [-0.4, -0.2) is 15.9 Å². The van der Waals surface area contributed by atoms with E-state index < -0.39 is 0 Å². The zero-order valence-corrected chi connectivity index (χ0v) is 17.2. The number of H-pyrrole nitrogens is 1. The number of benzene rings is 1. The topological polar surface area (TPSA) is 74.8 Å². The number of aromatic amines is 1. The highest BCUT2D eigenvalue weighted by atomic mass is 35.5. The molecule has 5 nitrogen and oxygen atoms in total. The second-order valence-electron chi connectivity index (χ2n) is 7.24. The predicted octanol–water partition coefficient (Wildman–Crippen LogP) is 4.80. The number of hydrogen-bond acceptors (Lipinski definition) is 4. The highest BCUT2D eigenvalue weighted by Gasteiger charge is 2.23. The van der Waals surface area contributed by atoms with Crippen molar-refractivity contribution in [2.75, 3.05) is 5.32 Å². The summed E-state index contributed by atoms with van der Waals surface area (Å²) in [6, 6.07) is 7.28. The maximum absolute atomic E-state index is 12.7. The van der Waals surface area contributed by atoms with Crippen LogP contribution in [0.3, 0.4) is 0 Å². The lowest BCUT2D eigenvalue weighted by Gasteiger charge is -2.17. The Hall–Kier alpha value is -2.44. The number of halogens is 1. The molecule has 0 fully saturated rings. The molecule has 3 aromatic rings. The van der Waals surface area contributed by atoms with Crippen molar-refractivity contribution in [3.05, 3.63) is 56.4 Å². The Labute approximate surface area is 171 Å². The van der Waals surface area contributed by atoms with Crippen LogP contribution in [0.4, 0.5) is 5.69 Å². The van der Waals surface area contributed by atoms with E-state index in [4.69, 9.17) is 11.6 Å². The van der Waals surface area contributed by atoms with Gasteiger partial charge < -0.3 is 10.3 Å². The molecule has 0 radical (unpaired) electrons. The fourth-order valence-electron chi connectivity index (χ4n) is 3.54. The first-order valence-corrected chi connectivity index (χ1v) is 10.4. The zero-order valence-electron chi connectivity index (χ0n) is 15.6. The number of fused-ring (bicyclic) bond motifs is 3. The summed E-state index contributed by atoms with van der Waals surface area (Å²) in [7, 11) is 0. The van der Waals surface area contributed by atoms with Gasteiger partial charge in [-0.3, -0.25) is 9.59 Å². The molecular formula is C21H20ClN3O2S. The minimum absolute atomic E-state index is 0.121. The number of aromatic nitrogens is 2. The molecule has 144 valence electrons. The highest BCUT2D eigenvalue weighted by Crippen LogP contribution is 2.36. The second kappa shape index (κ2) is 7.53. The van der Waals surface area contributed by atoms with Gasteiger partial charge in [0.25, 0.3) is 5.56 Å². The van der Waals surface area contributed by atoms with Crippen molar-refractivity contribution in [3.8, 4) is 0 Å². The fraction of sp³-hybridized carbons (Fsp3) is 0.286. The van der Waals surface area contributed by atoms with E-state index in [2.05, 4.69) is 22.2 Å². The molecule has 2 N–H and O–H groups in total. The van der Waals surface area contributed by atoms with E-state index in [1.165, 1.54) is 11.8 Å². The van der Waals surface area contributed by atoms with Gasteiger partial charge in [-0.15, -0.1) is 11.3 Å². The van der Waals surface area contributed by atoms with Gasteiger partial charge in [0.15, 0.2) is 5.82 Å². The summed E-state index contributed by atoms with van der Waals surface area (Å²) in [6.07, 6.45) is 4.80. The zero-order chi connectivity index (χ0) is 19.8. The quantitative estimate of drug-likeness (QED) is 0.647. The number of nitrogens with one attached hydrogen (secondary N) is 2. The lowest BCUT2D eigenvalue weighted by atomic mass is 9.89. The van der Waals surface area contributed by atoms with Crippen LogP contribution in [0.15, 0.2) is 29.1 Å². The van der Waals surface area contributed by atoms with Crippen LogP contribution in [0.5, 0.6) is 0 Å². The SMILES string of the molecule is CC(=O)Nc1ccc(/C=C(\Cl)c2nc3sc4c(c3c(=O)[nH]2)CC[C@H](C)C4)cc1. The van der Waals surface area contributed by atoms with Crippen LogP contribution in [0.25, 0.3) is 21.3 Å². The largest absolute Gasteiger partial charge is 0.326 e. The molecule has 0 saturated carbocycles. The van der Waals surface area contributed by atoms with Gasteiger partial charge in [0, 0.05) is 17.5 Å². The van der Waals surface area contributed by atoms with Gasteiger partial charge in [-0.25, -0.2) is 4.98 Å². The van der Waals surface area contributed by atoms with E-state index >= 15 is 0 Å². The smallest absolute Gasteiger partial charge is 0.260 e. The van der Waals surface area contributed by atoms with E-state index in [9.17, 15) is 9.59 Å². The molecule has 0 aliphatic heterocycles. The average molecular weight is 414 g/mol. The summed E-state index contributed by atoms with van der Waals surface area (Å²) in [4.78, 5) is 33.3. The number of carbonyl (C=O) groups excluding carboxylic acids is 1.